The summed E-state index contributed by atoms with van der Waals surface area (Å²) in [7, 11) is 1.90. The van der Waals surface area contributed by atoms with E-state index in [1.54, 1.807) is 4.68 Å². The fourth-order valence-corrected chi connectivity index (χ4v) is 2.62. The number of aromatic nitrogens is 6. The van der Waals surface area contributed by atoms with Crippen molar-refractivity contribution in [3.05, 3.63) is 23.8 Å². The molecule has 3 aromatic heterocycles. The van der Waals surface area contributed by atoms with Gasteiger partial charge in [0, 0.05) is 38.2 Å². The minimum Gasteiger partial charge on any atom is -0.274 e. The Morgan fingerprint density at radius 3 is 2.70 bits per heavy atom. The van der Waals surface area contributed by atoms with Crippen molar-refractivity contribution in [1.29, 1.82) is 0 Å². The summed E-state index contributed by atoms with van der Waals surface area (Å²) in [6.07, 6.45) is 2.63. The maximum Gasteiger partial charge on any atom is 0.164 e. The molecule has 0 spiro atoms. The van der Waals surface area contributed by atoms with Gasteiger partial charge in [-0.15, -0.1) is 11.6 Å². The number of nitrogens with zero attached hydrogens (tertiary/aromatic N) is 6. The summed E-state index contributed by atoms with van der Waals surface area (Å²) in [6.45, 7) is 4.85. The Morgan fingerprint density at radius 2 is 2.10 bits per heavy atom. The van der Waals surface area contributed by atoms with Crippen molar-refractivity contribution in [3.63, 3.8) is 0 Å². The second-order valence-electron chi connectivity index (χ2n) is 4.72. The van der Waals surface area contributed by atoms with Gasteiger partial charge in [-0.2, -0.15) is 10.2 Å². The third kappa shape index (κ3) is 1.91. The maximum atomic E-state index is 5.91. The van der Waals surface area contributed by atoms with Gasteiger partial charge in [-0.25, -0.2) is 9.67 Å². The lowest BCUT2D eigenvalue weighted by Crippen LogP contribution is -2.08. The number of fused-ring (bicyclic) bond motifs is 1. The topological polar surface area (TPSA) is 53.5 Å². The second kappa shape index (κ2) is 4.94. The quantitative estimate of drug-likeness (QED) is 0.692. The molecule has 0 aliphatic heterocycles. The van der Waals surface area contributed by atoms with Gasteiger partial charge in [-0.05, 0) is 13.8 Å². The Bertz CT molecular complexity index is 750. The van der Waals surface area contributed by atoms with Crippen LogP contribution < -0.4 is 0 Å². The molecule has 3 aromatic rings. The van der Waals surface area contributed by atoms with Crippen molar-refractivity contribution in [2.45, 2.75) is 26.8 Å². The van der Waals surface area contributed by atoms with Gasteiger partial charge in [0.15, 0.2) is 11.5 Å². The predicted octanol–water partition coefficient (Wildman–Crippen LogP) is 2.07. The van der Waals surface area contributed by atoms with Crippen LogP contribution in [0.25, 0.3) is 17.0 Å². The highest BCUT2D eigenvalue weighted by Crippen LogP contribution is 2.23. The standard InChI is InChI=1S/C13H17ClN6/c1-4-19-13-12(9(2)16-19)15-10(5-7-14)20(13)11-6-8-18(3)17-11/h6,8H,4-5,7H2,1-3H3. The summed E-state index contributed by atoms with van der Waals surface area (Å²) in [5.74, 6) is 2.31. The van der Waals surface area contributed by atoms with Gasteiger partial charge >= 0.3 is 0 Å². The van der Waals surface area contributed by atoms with Gasteiger partial charge in [-0.3, -0.25) is 9.25 Å². The van der Waals surface area contributed by atoms with E-state index in [0.29, 0.717) is 12.3 Å². The first kappa shape index (κ1) is 13.2. The summed E-state index contributed by atoms with van der Waals surface area (Å²) in [4.78, 5) is 4.70. The normalized spacial score (nSPS) is 11.6. The average Bonchev–Trinajstić information content (AvgIpc) is 3.06. The fraction of sp³-hybridized carbons (Fsp3) is 0.462. The van der Waals surface area contributed by atoms with Crippen LogP contribution in [0.15, 0.2) is 12.3 Å². The van der Waals surface area contributed by atoms with E-state index in [2.05, 4.69) is 21.7 Å². The number of imidazole rings is 1. The highest BCUT2D eigenvalue weighted by atomic mass is 35.5. The van der Waals surface area contributed by atoms with Gasteiger partial charge in [0.1, 0.15) is 11.3 Å². The molecular weight excluding hydrogens is 276 g/mol. The molecule has 106 valence electrons. The maximum absolute atomic E-state index is 5.91. The monoisotopic (exact) mass is 292 g/mol. The van der Waals surface area contributed by atoms with Crippen molar-refractivity contribution < 1.29 is 0 Å². The number of hydrogen-bond acceptors (Lipinski definition) is 3. The molecule has 6 nitrogen and oxygen atoms in total. The van der Waals surface area contributed by atoms with E-state index < -0.39 is 0 Å². The summed E-state index contributed by atoms with van der Waals surface area (Å²) in [6, 6.07) is 1.97. The first-order chi connectivity index (χ1) is 9.65. The lowest BCUT2D eigenvalue weighted by atomic mass is 10.4. The smallest absolute Gasteiger partial charge is 0.164 e. The lowest BCUT2D eigenvalue weighted by Gasteiger charge is -2.06. The molecule has 0 amide bonds. The van der Waals surface area contributed by atoms with Crippen LogP contribution >= 0.6 is 11.6 Å². The number of alkyl halides is 1. The molecule has 0 saturated carbocycles. The van der Waals surface area contributed by atoms with Gasteiger partial charge < -0.3 is 0 Å². The fourth-order valence-electron chi connectivity index (χ4n) is 2.45. The lowest BCUT2D eigenvalue weighted by molar-refractivity contribution is 0.654. The van der Waals surface area contributed by atoms with E-state index in [1.165, 1.54) is 0 Å². The molecule has 0 saturated heterocycles. The third-order valence-electron chi connectivity index (χ3n) is 3.33. The zero-order valence-corrected chi connectivity index (χ0v) is 12.6. The van der Waals surface area contributed by atoms with Crippen LogP contribution in [-0.2, 0) is 20.0 Å². The van der Waals surface area contributed by atoms with Gasteiger partial charge in [0.2, 0.25) is 0 Å². The minimum absolute atomic E-state index is 0.533. The summed E-state index contributed by atoms with van der Waals surface area (Å²) in [5, 5.41) is 9.01. The Kier molecular flexibility index (Phi) is 3.25. The Labute approximate surface area is 122 Å². The van der Waals surface area contributed by atoms with Gasteiger partial charge in [0.05, 0.1) is 5.69 Å². The van der Waals surface area contributed by atoms with E-state index in [0.717, 1.165) is 35.0 Å². The molecular formula is C13H17ClN6. The third-order valence-corrected chi connectivity index (χ3v) is 3.52. The summed E-state index contributed by atoms with van der Waals surface area (Å²) in [5.41, 5.74) is 2.86. The number of aryl methyl sites for hydroxylation is 4. The van der Waals surface area contributed by atoms with Crippen LogP contribution in [-0.4, -0.2) is 35.0 Å². The molecule has 0 fully saturated rings. The molecule has 0 bridgehead atoms. The first-order valence-electron chi connectivity index (χ1n) is 6.66. The molecule has 20 heavy (non-hydrogen) atoms. The van der Waals surface area contributed by atoms with E-state index in [9.17, 15) is 0 Å². The number of halogens is 1. The minimum atomic E-state index is 0.533. The Hall–Kier alpha value is -1.82. The Morgan fingerprint density at radius 1 is 1.30 bits per heavy atom. The zero-order chi connectivity index (χ0) is 14.3. The van der Waals surface area contributed by atoms with E-state index >= 15 is 0 Å². The largest absolute Gasteiger partial charge is 0.274 e. The van der Waals surface area contributed by atoms with Crippen molar-refractivity contribution in [2.24, 2.45) is 7.05 Å². The van der Waals surface area contributed by atoms with E-state index in [-0.39, 0.29) is 0 Å². The second-order valence-corrected chi connectivity index (χ2v) is 5.10. The van der Waals surface area contributed by atoms with Gasteiger partial charge in [0.25, 0.3) is 0 Å². The Balaban J connectivity index is 2.32. The van der Waals surface area contributed by atoms with Crippen LogP contribution in [0.3, 0.4) is 0 Å². The molecule has 7 heteroatoms. The summed E-state index contributed by atoms with van der Waals surface area (Å²) < 4.78 is 5.80. The van der Waals surface area contributed by atoms with Crippen molar-refractivity contribution >= 4 is 22.8 Å². The molecule has 0 aliphatic carbocycles. The molecule has 3 rings (SSSR count). The highest BCUT2D eigenvalue weighted by Gasteiger charge is 2.20. The molecule has 0 N–H and O–H groups in total. The summed E-state index contributed by atoms with van der Waals surface area (Å²) >= 11 is 5.91. The van der Waals surface area contributed by atoms with Crippen LogP contribution in [0.5, 0.6) is 0 Å². The number of hydrogen-bond donors (Lipinski definition) is 0. The highest BCUT2D eigenvalue weighted by molar-refractivity contribution is 6.17. The average molecular weight is 293 g/mol. The molecule has 0 aromatic carbocycles. The van der Waals surface area contributed by atoms with Crippen molar-refractivity contribution in [1.82, 2.24) is 29.1 Å². The van der Waals surface area contributed by atoms with Crippen LogP contribution in [0.4, 0.5) is 0 Å². The first-order valence-corrected chi connectivity index (χ1v) is 7.19. The molecule has 0 aliphatic rings. The molecule has 0 unspecified atom stereocenters. The predicted molar refractivity (Wildman–Crippen MR) is 78.5 cm³/mol. The van der Waals surface area contributed by atoms with Crippen molar-refractivity contribution in [3.8, 4) is 5.82 Å². The zero-order valence-electron chi connectivity index (χ0n) is 11.8. The van der Waals surface area contributed by atoms with E-state index in [1.807, 2.05) is 30.9 Å². The van der Waals surface area contributed by atoms with E-state index in [4.69, 9.17) is 16.6 Å². The number of rotatable bonds is 4. The van der Waals surface area contributed by atoms with Gasteiger partial charge in [-0.1, -0.05) is 0 Å². The van der Waals surface area contributed by atoms with Crippen LogP contribution in [0, 0.1) is 6.92 Å². The van der Waals surface area contributed by atoms with Crippen molar-refractivity contribution in [2.75, 3.05) is 5.88 Å². The molecule has 0 atom stereocenters. The van der Waals surface area contributed by atoms with Crippen LogP contribution in [0.2, 0.25) is 0 Å². The molecule has 3 heterocycles. The SMILES string of the molecule is CCn1nc(C)c2nc(CCCl)n(-c3ccn(C)n3)c21. The van der Waals surface area contributed by atoms with Crippen LogP contribution in [0.1, 0.15) is 18.4 Å². The molecule has 0 radical (unpaired) electrons.